The number of azo groups is 1. The first-order valence-electron chi connectivity index (χ1n) is 5.73. The van der Waals surface area contributed by atoms with Crippen molar-refractivity contribution in [3.63, 3.8) is 0 Å². The van der Waals surface area contributed by atoms with Crippen LogP contribution in [0.4, 0.5) is 11.4 Å². The number of fused-ring (bicyclic) bond motifs is 1. The SMILES string of the molecule is c1ccc2ccc(N=Nc3cccnc3)c-2cc1. The fraction of sp³-hybridized carbons (Fsp3) is 0. The predicted molar refractivity (Wildman–Crippen MR) is 71.5 cm³/mol. The van der Waals surface area contributed by atoms with Crippen molar-refractivity contribution in [2.45, 2.75) is 0 Å². The molecule has 0 radical (unpaired) electrons. The van der Waals surface area contributed by atoms with Crippen LogP contribution < -0.4 is 0 Å². The molecule has 3 rings (SSSR count). The van der Waals surface area contributed by atoms with Crippen molar-refractivity contribution in [2.75, 3.05) is 0 Å². The lowest BCUT2D eigenvalue weighted by Crippen LogP contribution is -1.67. The van der Waals surface area contributed by atoms with E-state index in [0.29, 0.717) is 0 Å². The van der Waals surface area contributed by atoms with Gasteiger partial charge >= 0.3 is 0 Å². The molecule has 0 saturated heterocycles. The topological polar surface area (TPSA) is 37.6 Å². The van der Waals surface area contributed by atoms with Crippen molar-refractivity contribution in [2.24, 2.45) is 10.2 Å². The third-order valence-corrected chi connectivity index (χ3v) is 2.69. The fourth-order valence-corrected chi connectivity index (χ4v) is 1.81. The molecule has 0 spiro atoms. The van der Waals surface area contributed by atoms with Gasteiger partial charge in [0.05, 0.1) is 11.9 Å². The fourth-order valence-electron chi connectivity index (χ4n) is 1.81. The summed E-state index contributed by atoms with van der Waals surface area (Å²) in [5.41, 5.74) is 3.91. The zero-order chi connectivity index (χ0) is 12.2. The number of nitrogens with zero attached hydrogens (tertiary/aromatic N) is 3. The summed E-state index contributed by atoms with van der Waals surface area (Å²) in [6.07, 6.45) is 3.41. The Bertz CT molecular complexity index is 647. The molecule has 1 aromatic heterocycles. The zero-order valence-corrected chi connectivity index (χ0v) is 9.69. The summed E-state index contributed by atoms with van der Waals surface area (Å²) in [6.45, 7) is 0. The molecule has 0 saturated carbocycles. The Morgan fingerprint density at radius 3 is 2.61 bits per heavy atom. The van der Waals surface area contributed by atoms with Gasteiger partial charge in [-0.3, -0.25) is 4.98 Å². The lowest BCUT2D eigenvalue weighted by atomic mass is 10.2. The van der Waals surface area contributed by atoms with Gasteiger partial charge in [0.1, 0.15) is 5.69 Å². The first-order chi connectivity index (χ1) is 8.93. The lowest BCUT2D eigenvalue weighted by Gasteiger charge is -1.94. The van der Waals surface area contributed by atoms with Crippen molar-refractivity contribution < 1.29 is 0 Å². The van der Waals surface area contributed by atoms with E-state index in [9.17, 15) is 0 Å². The van der Waals surface area contributed by atoms with Crippen LogP contribution >= 0.6 is 0 Å². The maximum atomic E-state index is 4.28. The first-order valence-corrected chi connectivity index (χ1v) is 5.73. The van der Waals surface area contributed by atoms with E-state index >= 15 is 0 Å². The van der Waals surface area contributed by atoms with Gasteiger partial charge in [0.2, 0.25) is 0 Å². The van der Waals surface area contributed by atoms with E-state index in [1.54, 1.807) is 12.4 Å². The summed E-state index contributed by atoms with van der Waals surface area (Å²) in [5, 5.41) is 8.46. The maximum Gasteiger partial charge on any atom is 0.104 e. The number of aromatic nitrogens is 1. The molecule has 2 aliphatic rings. The summed E-state index contributed by atoms with van der Waals surface area (Å²) < 4.78 is 0. The number of pyridine rings is 1. The number of hydrogen-bond acceptors (Lipinski definition) is 3. The van der Waals surface area contributed by atoms with E-state index in [0.717, 1.165) is 16.9 Å². The summed E-state index contributed by atoms with van der Waals surface area (Å²) in [6, 6.07) is 17.9. The smallest absolute Gasteiger partial charge is 0.104 e. The van der Waals surface area contributed by atoms with Gasteiger partial charge in [-0.1, -0.05) is 36.4 Å². The van der Waals surface area contributed by atoms with E-state index < -0.39 is 0 Å². The van der Waals surface area contributed by atoms with Crippen LogP contribution in [0.5, 0.6) is 0 Å². The van der Waals surface area contributed by atoms with E-state index in [-0.39, 0.29) is 0 Å². The van der Waals surface area contributed by atoms with Crippen molar-refractivity contribution in [3.05, 3.63) is 67.0 Å². The van der Waals surface area contributed by atoms with Crippen LogP contribution in [-0.4, -0.2) is 4.98 Å². The highest BCUT2D eigenvalue weighted by molar-refractivity contribution is 5.79. The molecule has 0 unspecified atom stereocenters. The van der Waals surface area contributed by atoms with Gasteiger partial charge in [-0.15, -0.1) is 10.2 Å². The Morgan fingerprint density at radius 2 is 1.72 bits per heavy atom. The quantitative estimate of drug-likeness (QED) is 0.596. The van der Waals surface area contributed by atoms with Gasteiger partial charge in [0.25, 0.3) is 0 Å². The molecule has 86 valence electrons. The van der Waals surface area contributed by atoms with Crippen molar-refractivity contribution in [3.8, 4) is 11.1 Å². The molecule has 2 aliphatic carbocycles. The van der Waals surface area contributed by atoms with E-state index in [1.807, 2.05) is 48.5 Å². The van der Waals surface area contributed by atoms with E-state index in [4.69, 9.17) is 0 Å². The van der Waals surface area contributed by atoms with Gasteiger partial charge in [-0.2, -0.15) is 0 Å². The van der Waals surface area contributed by atoms with Crippen LogP contribution in [0, 0.1) is 0 Å². The summed E-state index contributed by atoms with van der Waals surface area (Å²) in [7, 11) is 0. The largest absolute Gasteiger partial charge is 0.262 e. The molecular formula is C15H11N3. The minimum atomic E-state index is 0.757. The molecular weight excluding hydrogens is 222 g/mol. The Morgan fingerprint density at radius 1 is 0.778 bits per heavy atom. The van der Waals surface area contributed by atoms with Crippen LogP contribution in [0.25, 0.3) is 11.1 Å². The van der Waals surface area contributed by atoms with Crippen LogP contribution in [0.2, 0.25) is 0 Å². The molecule has 3 heteroatoms. The molecule has 0 amide bonds. The minimum absolute atomic E-state index is 0.757. The molecule has 0 atom stereocenters. The van der Waals surface area contributed by atoms with Crippen LogP contribution in [0.1, 0.15) is 0 Å². The molecule has 0 bridgehead atoms. The third-order valence-electron chi connectivity index (χ3n) is 2.69. The van der Waals surface area contributed by atoms with Gasteiger partial charge in [0, 0.05) is 11.8 Å². The molecule has 0 aromatic carbocycles. The summed E-state index contributed by atoms with van der Waals surface area (Å²) in [5.74, 6) is 0. The molecule has 0 fully saturated rings. The Labute approximate surface area is 105 Å². The summed E-state index contributed by atoms with van der Waals surface area (Å²) in [4.78, 5) is 4.00. The Balaban J connectivity index is 1.96. The van der Waals surface area contributed by atoms with Gasteiger partial charge in [0.15, 0.2) is 0 Å². The molecule has 1 aromatic rings. The lowest BCUT2D eigenvalue weighted by molar-refractivity contribution is 1.20. The van der Waals surface area contributed by atoms with E-state index in [2.05, 4.69) is 21.3 Å². The minimum Gasteiger partial charge on any atom is -0.262 e. The van der Waals surface area contributed by atoms with Crippen LogP contribution in [0.15, 0.2) is 77.2 Å². The Hall–Kier alpha value is -2.55. The maximum absolute atomic E-state index is 4.28. The first kappa shape index (κ1) is 10.6. The average Bonchev–Trinajstić information content (AvgIpc) is 2.65. The third kappa shape index (κ3) is 2.11. The van der Waals surface area contributed by atoms with Gasteiger partial charge in [-0.25, -0.2) is 0 Å². The highest BCUT2D eigenvalue weighted by Gasteiger charge is 2.06. The number of rotatable bonds is 2. The standard InChI is InChI=1S/C15H11N3/c1-2-5-12-8-9-15(14(12)7-3-1)18-17-13-6-4-10-16-11-13/h1-11H. The highest BCUT2D eigenvalue weighted by Crippen LogP contribution is 2.34. The second-order valence-corrected chi connectivity index (χ2v) is 3.91. The van der Waals surface area contributed by atoms with E-state index in [1.165, 1.54) is 5.56 Å². The van der Waals surface area contributed by atoms with Crippen molar-refractivity contribution in [1.82, 2.24) is 4.98 Å². The second kappa shape index (κ2) is 4.75. The predicted octanol–water partition coefficient (Wildman–Crippen LogP) is 4.60. The van der Waals surface area contributed by atoms with Gasteiger partial charge < -0.3 is 0 Å². The Kier molecular flexibility index (Phi) is 2.80. The van der Waals surface area contributed by atoms with Gasteiger partial charge in [-0.05, 0) is 23.8 Å². The van der Waals surface area contributed by atoms with Crippen LogP contribution in [0.3, 0.4) is 0 Å². The van der Waals surface area contributed by atoms with Crippen molar-refractivity contribution in [1.29, 1.82) is 0 Å². The highest BCUT2D eigenvalue weighted by atomic mass is 15.1. The molecule has 0 aliphatic heterocycles. The number of hydrogen-bond donors (Lipinski definition) is 0. The molecule has 18 heavy (non-hydrogen) atoms. The summed E-state index contributed by atoms with van der Waals surface area (Å²) >= 11 is 0. The molecule has 1 heterocycles. The zero-order valence-electron chi connectivity index (χ0n) is 9.69. The molecule has 3 nitrogen and oxygen atoms in total. The average molecular weight is 233 g/mol. The normalized spacial score (nSPS) is 11.1. The molecule has 0 N–H and O–H groups in total. The van der Waals surface area contributed by atoms with Crippen LogP contribution in [-0.2, 0) is 0 Å². The second-order valence-electron chi connectivity index (χ2n) is 3.91. The monoisotopic (exact) mass is 233 g/mol. The van der Waals surface area contributed by atoms with Crippen molar-refractivity contribution >= 4 is 11.4 Å².